The van der Waals surface area contributed by atoms with Crippen LogP contribution in [0.1, 0.15) is 153 Å². The summed E-state index contributed by atoms with van der Waals surface area (Å²) in [5, 5.41) is 32.2. The Hall–Kier alpha value is -5.57. The fourth-order valence-corrected chi connectivity index (χ4v) is 7.62. The molecule has 0 aliphatic heterocycles. The van der Waals surface area contributed by atoms with E-state index in [0.29, 0.717) is 49.8 Å². The highest BCUT2D eigenvalue weighted by molar-refractivity contribution is 5.80. The van der Waals surface area contributed by atoms with Gasteiger partial charge in [0, 0.05) is 34.4 Å². The Kier molecular flexibility index (Phi) is 21.0. The molecule has 0 saturated carbocycles. The molecule has 9 heteroatoms. The first-order chi connectivity index (χ1) is 29.7. The summed E-state index contributed by atoms with van der Waals surface area (Å²) in [6.45, 7) is 6.62. The van der Waals surface area contributed by atoms with Crippen molar-refractivity contribution in [3.8, 4) is 0 Å². The maximum atomic E-state index is 12.0. The van der Waals surface area contributed by atoms with Crippen molar-refractivity contribution in [3.63, 3.8) is 0 Å². The van der Waals surface area contributed by atoms with E-state index < -0.39 is 0 Å². The lowest BCUT2D eigenvalue weighted by Gasteiger charge is -2.10. The maximum Gasteiger partial charge on any atom is 0.190 e. The van der Waals surface area contributed by atoms with Gasteiger partial charge in [-0.3, -0.25) is 14.4 Å². The van der Waals surface area contributed by atoms with Gasteiger partial charge in [-0.15, -0.1) is 0 Å². The highest BCUT2D eigenvalue weighted by atomic mass is 16.5. The first-order valence-electron chi connectivity index (χ1n) is 22.9. The Morgan fingerprint density at radius 3 is 1.20 bits per heavy atom. The molecule has 0 bridgehead atoms. The molecule has 0 saturated heterocycles. The summed E-state index contributed by atoms with van der Waals surface area (Å²) in [7, 11) is 0. The van der Waals surface area contributed by atoms with Crippen LogP contribution in [0.25, 0.3) is 38.8 Å². The molecule has 0 aliphatic carbocycles. The van der Waals surface area contributed by atoms with Crippen LogP contribution in [0.2, 0.25) is 0 Å². The average Bonchev–Trinajstić information content (AvgIpc) is 3.28. The van der Waals surface area contributed by atoms with Crippen molar-refractivity contribution in [1.29, 1.82) is 0 Å². The molecule has 0 radical (unpaired) electrons. The standard InChI is InChI=1S/C18H25NO2.C18H23NO2.C16H21NO2/c2*1-2-3-4-5-6-7-8-11-15-14-18(20)16-12-9-10-13-17(16)19(15)21;1-2-3-4-5-6-9-13-12-16(18)14-10-7-8-11-15(14)17(13)19/h9-10,12-14,21H,2-8,11H2,1H3;8-14,21H,2-7H2,1H3;7-8,10-12,19H,2-6,9H2,1H3/b;11-8+;. The van der Waals surface area contributed by atoms with E-state index in [1.54, 1.807) is 54.6 Å². The van der Waals surface area contributed by atoms with E-state index in [-0.39, 0.29) is 16.3 Å². The SMILES string of the molecule is CCCCCCC/C=C/c1cc(=O)c2ccccc2n1O.CCCCCCCCCc1cc(=O)c2ccccc2n1O.CCCCCCCc1cc(=O)c2ccccc2n1O. The Labute approximate surface area is 361 Å². The summed E-state index contributed by atoms with van der Waals surface area (Å²) in [4.78, 5) is 36.0. The molecular formula is C52H69N3O6. The van der Waals surface area contributed by atoms with Crippen molar-refractivity contribution in [2.24, 2.45) is 0 Å². The zero-order chi connectivity index (χ0) is 43.8. The van der Waals surface area contributed by atoms with Crippen LogP contribution in [0.4, 0.5) is 0 Å². The normalized spacial score (nSPS) is 11.2. The van der Waals surface area contributed by atoms with Gasteiger partial charge in [0.2, 0.25) is 0 Å². The summed E-state index contributed by atoms with van der Waals surface area (Å²) >= 11 is 0. The molecule has 3 heterocycles. The molecule has 6 aromatic rings. The molecule has 328 valence electrons. The Bertz CT molecular complexity index is 2440. The van der Waals surface area contributed by atoms with E-state index in [0.717, 1.165) is 60.8 Å². The highest BCUT2D eigenvalue weighted by Gasteiger charge is 2.09. The second-order valence-corrected chi connectivity index (χ2v) is 16.1. The van der Waals surface area contributed by atoms with E-state index in [1.807, 2.05) is 42.5 Å². The van der Waals surface area contributed by atoms with Gasteiger partial charge in [-0.05, 0) is 81.0 Å². The van der Waals surface area contributed by atoms with Crippen LogP contribution in [-0.2, 0) is 12.8 Å². The molecule has 0 unspecified atom stereocenters. The lowest BCUT2D eigenvalue weighted by atomic mass is 10.1. The number of unbranched alkanes of at least 4 members (excludes halogenated alkanes) is 15. The van der Waals surface area contributed by atoms with E-state index in [2.05, 4.69) is 20.8 Å². The number of fused-ring (bicyclic) bond motifs is 3. The summed E-state index contributed by atoms with van der Waals surface area (Å²) in [5.74, 6) is 0. The van der Waals surface area contributed by atoms with Gasteiger partial charge >= 0.3 is 0 Å². The summed E-state index contributed by atoms with van der Waals surface area (Å²) in [6, 6.07) is 26.1. The highest BCUT2D eigenvalue weighted by Crippen LogP contribution is 2.17. The van der Waals surface area contributed by atoms with Crippen LogP contribution in [0.15, 0.2) is 111 Å². The zero-order valence-electron chi connectivity index (χ0n) is 36.9. The maximum absolute atomic E-state index is 12.0. The molecule has 61 heavy (non-hydrogen) atoms. The van der Waals surface area contributed by atoms with Crippen LogP contribution in [0, 0.1) is 0 Å². The monoisotopic (exact) mass is 832 g/mol. The number of rotatable bonds is 21. The average molecular weight is 832 g/mol. The topological polar surface area (TPSA) is 127 Å². The van der Waals surface area contributed by atoms with Gasteiger partial charge in [0.25, 0.3) is 0 Å². The van der Waals surface area contributed by atoms with Gasteiger partial charge in [-0.1, -0.05) is 153 Å². The molecule has 0 atom stereocenters. The summed E-state index contributed by atoms with van der Waals surface area (Å²) in [6.07, 6.45) is 27.0. The van der Waals surface area contributed by atoms with Gasteiger partial charge in [0.05, 0.1) is 33.6 Å². The second-order valence-electron chi connectivity index (χ2n) is 16.1. The smallest absolute Gasteiger partial charge is 0.190 e. The first kappa shape index (κ1) is 48.1. The number of allylic oxidation sites excluding steroid dienone is 1. The number of para-hydroxylation sites is 3. The minimum atomic E-state index is -0.0569. The predicted octanol–water partition coefficient (Wildman–Crippen LogP) is 12.9. The fraction of sp³-hybridized carbons (Fsp3) is 0.442. The zero-order valence-corrected chi connectivity index (χ0v) is 36.9. The van der Waals surface area contributed by atoms with Crippen LogP contribution in [-0.4, -0.2) is 29.8 Å². The minimum absolute atomic E-state index is 0.00570. The lowest BCUT2D eigenvalue weighted by Crippen LogP contribution is -2.12. The third kappa shape index (κ3) is 14.8. The molecule has 0 spiro atoms. The molecule has 3 aromatic carbocycles. The number of benzene rings is 3. The Balaban J connectivity index is 0.000000202. The minimum Gasteiger partial charge on any atom is -0.428 e. The molecule has 3 aromatic heterocycles. The van der Waals surface area contributed by atoms with Gasteiger partial charge in [-0.2, -0.15) is 14.2 Å². The van der Waals surface area contributed by atoms with Crippen LogP contribution < -0.4 is 16.3 Å². The summed E-state index contributed by atoms with van der Waals surface area (Å²) in [5.41, 5.74) is 3.63. The van der Waals surface area contributed by atoms with Crippen molar-refractivity contribution in [2.75, 3.05) is 0 Å². The van der Waals surface area contributed by atoms with Crippen molar-refractivity contribution in [1.82, 2.24) is 14.2 Å². The number of aromatic nitrogens is 3. The van der Waals surface area contributed by atoms with Crippen LogP contribution >= 0.6 is 0 Å². The second kappa shape index (κ2) is 26.6. The number of hydrogen-bond acceptors (Lipinski definition) is 6. The predicted molar refractivity (Wildman–Crippen MR) is 253 cm³/mol. The number of nitrogens with zero attached hydrogens (tertiary/aromatic N) is 3. The quantitative estimate of drug-likeness (QED) is 0.0490. The molecule has 0 amide bonds. The van der Waals surface area contributed by atoms with E-state index >= 15 is 0 Å². The Morgan fingerprint density at radius 1 is 0.426 bits per heavy atom. The lowest BCUT2D eigenvalue weighted by molar-refractivity contribution is 0.187. The van der Waals surface area contributed by atoms with Crippen LogP contribution in [0.3, 0.4) is 0 Å². The van der Waals surface area contributed by atoms with Gasteiger partial charge in [0.1, 0.15) is 0 Å². The third-order valence-electron chi connectivity index (χ3n) is 11.2. The van der Waals surface area contributed by atoms with Gasteiger partial charge in [-0.25, -0.2) is 0 Å². The van der Waals surface area contributed by atoms with E-state index in [4.69, 9.17) is 0 Å². The summed E-state index contributed by atoms with van der Waals surface area (Å²) < 4.78 is 3.43. The largest absolute Gasteiger partial charge is 0.428 e. The van der Waals surface area contributed by atoms with Crippen LogP contribution in [0.5, 0.6) is 0 Å². The van der Waals surface area contributed by atoms with Crippen molar-refractivity contribution < 1.29 is 15.6 Å². The van der Waals surface area contributed by atoms with Crippen molar-refractivity contribution >= 4 is 38.8 Å². The first-order valence-corrected chi connectivity index (χ1v) is 22.9. The fourth-order valence-electron chi connectivity index (χ4n) is 7.62. The molecule has 3 N–H and O–H groups in total. The van der Waals surface area contributed by atoms with E-state index in [1.165, 1.54) is 87.8 Å². The van der Waals surface area contributed by atoms with Crippen molar-refractivity contribution in [2.45, 2.75) is 149 Å². The number of hydrogen-bond donors (Lipinski definition) is 3. The van der Waals surface area contributed by atoms with Crippen molar-refractivity contribution in [3.05, 3.63) is 145 Å². The third-order valence-corrected chi connectivity index (χ3v) is 11.2. The van der Waals surface area contributed by atoms with E-state index in [9.17, 15) is 30.0 Å². The molecule has 0 aliphatic rings. The molecule has 0 fully saturated rings. The molecule has 9 nitrogen and oxygen atoms in total. The number of pyridine rings is 3. The van der Waals surface area contributed by atoms with Gasteiger partial charge < -0.3 is 15.6 Å². The Morgan fingerprint density at radius 2 is 0.770 bits per heavy atom. The molecule has 6 rings (SSSR count). The van der Waals surface area contributed by atoms with Gasteiger partial charge in [0.15, 0.2) is 16.3 Å². The molecular weight excluding hydrogens is 763 g/mol. The number of aryl methyl sites for hydroxylation is 2.